The highest BCUT2D eigenvalue weighted by Crippen LogP contribution is 2.19. The van der Waals surface area contributed by atoms with Crippen LogP contribution < -0.4 is 5.32 Å². The van der Waals surface area contributed by atoms with Crippen LogP contribution in [0.1, 0.15) is 28.9 Å². The Labute approximate surface area is 119 Å². The largest absolute Gasteiger partial charge is 0.345 e. The quantitative estimate of drug-likeness (QED) is 0.692. The highest BCUT2D eigenvalue weighted by atomic mass is 19.1. The third-order valence-electron chi connectivity index (χ3n) is 2.95. The molecule has 1 aromatic heterocycles. The van der Waals surface area contributed by atoms with E-state index in [1.54, 1.807) is 13.0 Å². The molecule has 21 heavy (non-hydrogen) atoms. The third-order valence-corrected chi connectivity index (χ3v) is 2.95. The van der Waals surface area contributed by atoms with E-state index in [9.17, 15) is 19.3 Å². The van der Waals surface area contributed by atoms with E-state index in [2.05, 4.69) is 10.3 Å². The molecule has 1 aromatic carbocycles. The smallest absolute Gasteiger partial charge is 0.269 e. The highest BCUT2D eigenvalue weighted by Gasteiger charge is 2.16. The van der Waals surface area contributed by atoms with Crippen molar-refractivity contribution in [2.24, 2.45) is 0 Å². The molecular weight excluding hydrogens is 277 g/mol. The Morgan fingerprint density at radius 2 is 2.19 bits per heavy atom. The maximum atomic E-state index is 13.5. The minimum atomic E-state index is -0.721. The van der Waals surface area contributed by atoms with Crippen molar-refractivity contribution in [3.05, 3.63) is 69.8 Å². The number of nitrogens with zero attached hydrogens (tertiary/aromatic N) is 2. The molecule has 1 heterocycles. The number of benzene rings is 1. The summed E-state index contributed by atoms with van der Waals surface area (Å²) >= 11 is 0. The molecule has 0 bridgehead atoms. The summed E-state index contributed by atoms with van der Waals surface area (Å²) in [5, 5.41) is 13.3. The number of amides is 1. The number of halogens is 1. The number of hydrogen-bond donors (Lipinski definition) is 1. The highest BCUT2D eigenvalue weighted by molar-refractivity contribution is 5.94. The normalized spacial score (nSPS) is 11.7. The molecule has 2 aromatic rings. The summed E-state index contributed by atoms with van der Waals surface area (Å²) < 4.78 is 13.5. The van der Waals surface area contributed by atoms with Gasteiger partial charge in [0.2, 0.25) is 0 Å². The molecule has 0 aliphatic carbocycles. The molecule has 108 valence electrons. The van der Waals surface area contributed by atoms with Gasteiger partial charge in [0, 0.05) is 18.3 Å². The predicted molar refractivity (Wildman–Crippen MR) is 73.2 cm³/mol. The predicted octanol–water partition coefficient (Wildman–Crippen LogP) is 2.62. The first kappa shape index (κ1) is 14.6. The maximum absolute atomic E-state index is 13.5. The lowest BCUT2D eigenvalue weighted by Crippen LogP contribution is -2.27. The Bertz CT molecular complexity index is 691. The zero-order valence-electron chi connectivity index (χ0n) is 11.1. The molecule has 1 amide bonds. The maximum Gasteiger partial charge on any atom is 0.269 e. The molecule has 6 nitrogen and oxygen atoms in total. The zero-order chi connectivity index (χ0) is 15.4. The second-order valence-electron chi connectivity index (χ2n) is 4.40. The molecule has 0 aliphatic heterocycles. The van der Waals surface area contributed by atoms with Crippen LogP contribution in [0, 0.1) is 15.9 Å². The minimum absolute atomic E-state index is 0.0660. The Kier molecular flexibility index (Phi) is 4.22. The van der Waals surface area contributed by atoms with E-state index in [0.717, 1.165) is 6.20 Å². The van der Waals surface area contributed by atoms with Crippen molar-refractivity contribution >= 4 is 11.6 Å². The van der Waals surface area contributed by atoms with E-state index in [1.807, 2.05) is 0 Å². The van der Waals surface area contributed by atoms with Crippen LogP contribution >= 0.6 is 0 Å². The van der Waals surface area contributed by atoms with Gasteiger partial charge in [-0.2, -0.15) is 0 Å². The van der Waals surface area contributed by atoms with Crippen LogP contribution in [0.5, 0.6) is 0 Å². The van der Waals surface area contributed by atoms with Gasteiger partial charge < -0.3 is 5.32 Å². The number of carbonyl (C=O) groups is 1. The molecule has 0 saturated heterocycles. The summed E-state index contributed by atoms with van der Waals surface area (Å²) in [6, 6.07) is 6.69. The van der Waals surface area contributed by atoms with Crippen molar-refractivity contribution in [3.63, 3.8) is 0 Å². The van der Waals surface area contributed by atoms with Crippen LogP contribution in [0.2, 0.25) is 0 Å². The lowest BCUT2D eigenvalue weighted by atomic mass is 10.1. The summed E-state index contributed by atoms with van der Waals surface area (Å²) in [6.45, 7) is 1.66. The average molecular weight is 289 g/mol. The molecule has 1 atom stereocenters. The van der Waals surface area contributed by atoms with Crippen molar-refractivity contribution in [2.75, 3.05) is 0 Å². The first-order valence-electron chi connectivity index (χ1n) is 6.14. The van der Waals surface area contributed by atoms with Gasteiger partial charge in [-0.05, 0) is 18.6 Å². The van der Waals surface area contributed by atoms with Crippen LogP contribution in [0.25, 0.3) is 0 Å². The fraction of sp³-hybridized carbons (Fsp3) is 0.143. The monoisotopic (exact) mass is 289 g/mol. The minimum Gasteiger partial charge on any atom is -0.345 e. The number of pyridine rings is 1. The van der Waals surface area contributed by atoms with Gasteiger partial charge in [-0.25, -0.2) is 4.39 Å². The lowest BCUT2D eigenvalue weighted by molar-refractivity contribution is -0.384. The number of aromatic nitrogens is 1. The number of nitrogens with one attached hydrogen (secondary N) is 1. The molecule has 0 aliphatic rings. The lowest BCUT2D eigenvalue weighted by Gasteiger charge is -2.14. The van der Waals surface area contributed by atoms with Crippen LogP contribution in [-0.2, 0) is 0 Å². The summed E-state index contributed by atoms with van der Waals surface area (Å²) in [7, 11) is 0. The van der Waals surface area contributed by atoms with Crippen LogP contribution in [0.15, 0.2) is 42.7 Å². The molecule has 0 fully saturated rings. The second-order valence-corrected chi connectivity index (χ2v) is 4.40. The van der Waals surface area contributed by atoms with Crippen molar-refractivity contribution in [1.29, 1.82) is 0 Å². The first-order chi connectivity index (χ1) is 9.99. The van der Waals surface area contributed by atoms with E-state index in [0.29, 0.717) is 5.56 Å². The topological polar surface area (TPSA) is 85.1 Å². The van der Waals surface area contributed by atoms with Gasteiger partial charge >= 0.3 is 0 Å². The molecule has 2 rings (SSSR count). The summed E-state index contributed by atoms with van der Waals surface area (Å²) in [5.41, 5.74) is 0.373. The number of nitro groups is 1. The summed E-state index contributed by atoms with van der Waals surface area (Å²) in [6.07, 6.45) is 2.27. The van der Waals surface area contributed by atoms with Crippen molar-refractivity contribution in [3.8, 4) is 0 Å². The average Bonchev–Trinajstić information content (AvgIpc) is 2.47. The van der Waals surface area contributed by atoms with E-state index >= 15 is 0 Å². The molecule has 0 spiro atoms. The molecule has 7 heteroatoms. The summed E-state index contributed by atoms with van der Waals surface area (Å²) in [4.78, 5) is 25.7. The van der Waals surface area contributed by atoms with Crippen LogP contribution in [0.4, 0.5) is 10.1 Å². The van der Waals surface area contributed by atoms with Gasteiger partial charge in [0.15, 0.2) is 5.82 Å². The van der Waals surface area contributed by atoms with Crippen molar-refractivity contribution < 1.29 is 14.1 Å². The Balaban J connectivity index is 2.16. The Morgan fingerprint density at radius 1 is 1.43 bits per heavy atom. The van der Waals surface area contributed by atoms with Gasteiger partial charge in [0.1, 0.15) is 0 Å². The number of nitro benzene ring substituents is 1. The third kappa shape index (κ3) is 3.38. The van der Waals surface area contributed by atoms with Crippen LogP contribution in [-0.4, -0.2) is 15.8 Å². The zero-order valence-corrected chi connectivity index (χ0v) is 11.1. The molecule has 0 saturated carbocycles. The van der Waals surface area contributed by atoms with Gasteiger partial charge in [0.25, 0.3) is 11.6 Å². The SMILES string of the molecule is CC(NC(=O)c1ccncc1F)c1cccc([N+](=O)[O-])c1. The number of carbonyl (C=O) groups excluding carboxylic acids is 1. The van der Waals surface area contributed by atoms with Crippen molar-refractivity contribution in [2.45, 2.75) is 13.0 Å². The van der Waals surface area contributed by atoms with Gasteiger partial charge in [-0.3, -0.25) is 19.9 Å². The fourth-order valence-corrected chi connectivity index (χ4v) is 1.82. The van der Waals surface area contributed by atoms with Gasteiger partial charge in [-0.1, -0.05) is 12.1 Å². The second kappa shape index (κ2) is 6.08. The van der Waals surface area contributed by atoms with E-state index < -0.39 is 22.7 Å². The van der Waals surface area contributed by atoms with E-state index in [1.165, 1.54) is 30.5 Å². The standard InChI is InChI=1S/C14H12FN3O3/c1-9(10-3-2-4-11(7-10)18(20)21)17-14(19)12-5-6-16-8-13(12)15/h2-9H,1H3,(H,17,19). The first-order valence-corrected chi connectivity index (χ1v) is 6.14. The molecule has 1 N–H and O–H groups in total. The van der Waals surface area contributed by atoms with Gasteiger partial charge in [0.05, 0.1) is 22.7 Å². The molecule has 1 unspecified atom stereocenters. The number of rotatable bonds is 4. The number of hydrogen-bond acceptors (Lipinski definition) is 4. The summed E-state index contributed by atoms with van der Waals surface area (Å²) in [5.74, 6) is -1.32. The van der Waals surface area contributed by atoms with Gasteiger partial charge in [-0.15, -0.1) is 0 Å². The Morgan fingerprint density at radius 3 is 2.86 bits per heavy atom. The molecular formula is C14H12FN3O3. The fourth-order valence-electron chi connectivity index (χ4n) is 1.82. The number of non-ortho nitro benzene ring substituents is 1. The van der Waals surface area contributed by atoms with E-state index in [-0.39, 0.29) is 11.3 Å². The van der Waals surface area contributed by atoms with Crippen molar-refractivity contribution in [1.82, 2.24) is 10.3 Å². The Hall–Kier alpha value is -2.83. The molecule has 0 radical (unpaired) electrons. The van der Waals surface area contributed by atoms with E-state index in [4.69, 9.17) is 0 Å². The van der Waals surface area contributed by atoms with Crippen LogP contribution in [0.3, 0.4) is 0 Å².